The Labute approximate surface area is 134 Å². The molecule has 0 rings (SSSR count). The van der Waals surface area contributed by atoms with E-state index in [1.807, 2.05) is 0 Å². The summed E-state index contributed by atoms with van der Waals surface area (Å²) in [5.74, 6) is 0. The maximum Gasteiger partial charge on any atom is 0.264 e. The van der Waals surface area contributed by atoms with Crippen LogP contribution in [0.4, 0.5) is 0 Å². The standard InChI is InChI=1S/C10H24N2O6S2.ClH/c1-11(2)7-9(17-19(5,13)14)10(8-12(3)4)18-20(6,15)16;/h9-10H,7-8H2,1-6H3;1H/t9-,10-;/m0./s1. The molecule has 0 aromatic rings. The van der Waals surface area contributed by atoms with E-state index in [0.29, 0.717) is 0 Å². The first-order chi connectivity index (χ1) is 8.80. The molecule has 0 unspecified atom stereocenters. The number of likely N-dealkylation sites (N-methyl/N-ethyl adjacent to an activating group) is 2. The molecule has 0 radical (unpaired) electrons. The summed E-state index contributed by atoms with van der Waals surface area (Å²) >= 11 is 0. The Bertz CT molecular complexity index is 446. The Balaban J connectivity index is 0. The fourth-order valence-electron chi connectivity index (χ4n) is 1.59. The van der Waals surface area contributed by atoms with E-state index in [9.17, 15) is 16.8 Å². The van der Waals surface area contributed by atoms with Crippen LogP contribution < -0.4 is 0 Å². The predicted octanol–water partition coefficient (Wildman–Crippen LogP) is -0.779. The van der Waals surface area contributed by atoms with E-state index in [0.717, 1.165) is 12.5 Å². The van der Waals surface area contributed by atoms with Crippen molar-refractivity contribution in [1.29, 1.82) is 0 Å². The van der Waals surface area contributed by atoms with Crippen molar-refractivity contribution < 1.29 is 25.2 Å². The largest absolute Gasteiger partial charge is 0.307 e. The van der Waals surface area contributed by atoms with E-state index in [2.05, 4.69) is 0 Å². The summed E-state index contributed by atoms with van der Waals surface area (Å²) in [7, 11) is -0.539. The third-order valence-corrected chi connectivity index (χ3v) is 3.30. The highest BCUT2D eigenvalue weighted by atomic mass is 35.5. The van der Waals surface area contributed by atoms with Gasteiger partial charge in [0.15, 0.2) is 0 Å². The summed E-state index contributed by atoms with van der Waals surface area (Å²) in [6, 6.07) is 0. The molecule has 2 atom stereocenters. The van der Waals surface area contributed by atoms with E-state index in [1.54, 1.807) is 38.0 Å². The van der Waals surface area contributed by atoms with E-state index in [4.69, 9.17) is 8.37 Å². The van der Waals surface area contributed by atoms with Gasteiger partial charge < -0.3 is 9.80 Å². The molecule has 0 saturated carbocycles. The normalized spacial score (nSPS) is 15.8. The molecule has 0 spiro atoms. The van der Waals surface area contributed by atoms with E-state index >= 15 is 0 Å². The molecule has 0 aliphatic carbocycles. The molecule has 0 aromatic carbocycles. The fraction of sp³-hybridized carbons (Fsp3) is 1.00. The smallest absolute Gasteiger partial charge is 0.264 e. The first-order valence-electron chi connectivity index (χ1n) is 5.86. The van der Waals surface area contributed by atoms with Crippen LogP contribution in [0.1, 0.15) is 0 Å². The average Bonchev–Trinajstić information content (AvgIpc) is 2.09. The molecule has 130 valence electrons. The first kappa shape index (κ1) is 23.3. The van der Waals surface area contributed by atoms with Gasteiger partial charge in [0.2, 0.25) is 0 Å². The lowest BCUT2D eigenvalue weighted by Gasteiger charge is -2.29. The molecule has 8 nitrogen and oxygen atoms in total. The minimum absolute atomic E-state index is 0. The summed E-state index contributed by atoms with van der Waals surface area (Å²) in [4.78, 5) is 3.40. The average molecular weight is 369 g/mol. The number of rotatable bonds is 9. The minimum atomic E-state index is -3.73. The highest BCUT2D eigenvalue weighted by Crippen LogP contribution is 2.12. The van der Waals surface area contributed by atoms with Gasteiger partial charge in [-0.25, -0.2) is 0 Å². The van der Waals surface area contributed by atoms with Crippen LogP contribution in [0.25, 0.3) is 0 Å². The van der Waals surface area contributed by atoms with Gasteiger partial charge in [0.1, 0.15) is 12.2 Å². The third-order valence-electron chi connectivity index (χ3n) is 2.10. The van der Waals surface area contributed by atoms with Gasteiger partial charge in [-0.2, -0.15) is 16.8 Å². The van der Waals surface area contributed by atoms with E-state index in [1.165, 1.54) is 0 Å². The first-order valence-corrected chi connectivity index (χ1v) is 9.49. The van der Waals surface area contributed by atoms with Crippen LogP contribution in [0.5, 0.6) is 0 Å². The summed E-state index contributed by atoms with van der Waals surface area (Å²) in [6.07, 6.45) is 0.000283. The molecular weight excluding hydrogens is 344 g/mol. The quantitative estimate of drug-likeness (QED) is 0.489. The lowest BCUT2D eigenvalue weighted by atomic mass is 10.2. The van der Waals surface area contributed by atoms with Crippen LogP contribution in [0, 0.1) is 0 Å². The molecule has 0 aliphatic heterocycles. The number of hydrogen-bond donors (Lipinski definition) is 0. The second-order valence-corrected chi connectivity index (χ2v) is 8.40. The van der Waals surface area contributed by atoms with Gasteiger partial charge in [-0.15, -0.1) is 12.4 Å². The molecule has 0 aromatic heterocycles. The van der Waals surface area contributed by atoms with Gasteiger partial charge in [-0.1, -0.05) is 0 Å². The third kappa shape index (κ3) is 13.4. The van der Waals surface area contributed by atoms with Crippen molar-refractivity contribution >= 4 is 32.6 Å². The molecule has 0 saturated heterocycles. The lowest BCUT2D eigenvalue weighted by molar-refractivity contribution is 0.0320. The summed E-state index contributed by atoms with van der Waals surface area (Å²) < 4.78 is 55.2. The maximum absolute atomic E-state index is 11.3. The maximum atomic E-state index is 11.3. The Hall–Kier alpha value is 0.0300. The van der Waals surface area contributed by atoms with Crippen LogP contribution in [0.2, 0.25) is 0 Å². The zero-order valence-electron chi connectivity index (χ0n) is 13.1. The topological polar surface area (TPSA) is 93.2 Å². The Kier molecular flexibility index (Phi) is 10.2. The van der Waals surface area contributed by atoms with E-state index in [-0.39, 0.29) is 25.5 Å². The van der Waals surface area contributed by atoms with Crippen molar-refractivity contribution in [3.8, 4) is 0 Å². The van der Waals surface area contributed by atoms with Gasteiger partial charge in [-0.3, -0.25) is 8.37 Å². The van der Waals surface area contributed by atoms with Gasteiger partial charge >= 0.3 is 0 Å². The number of halogens is 1. The van der Waals surface area contributed by atoms with Gasteiger partial charge in [0.25, 0.3) is 20.2 Å². The van der Waals surface area contributed by atoms with Crippen molar-refractivity contribution in [3.05, 3.63) is 0 Å². The molecule has 21 heavy (non-hydrogen) atoms. The fourth-order valence-corrected chi connectivity index (χ4v) is 2.86. The van der Waals surface area contributed by atoms with Crippen LogP contribution in [0.15, 0.2) is 0 Å². The van der Waals surface area contributed by atoms with Gasteiger partial charge in [0.05, 0.1) is 12.5 Å². The lowest BCUT2D eigenvalue weighted by Crippen LogP contribution is -2.46. The summed E-state index contributed by atoms with van der Waals surface area (Å²) in [5.41, 5.74) is 0. The van der Waals surface area contributed by atoms with Gasteiger partial charge in [0, 0.05) is 13.1 Å². The highest BCUT2D eigenvalue weighted by Gasteiger charge is 2.30. The minimum Gasteiger partial charge on any atom is -0.307 e. The Morgan fingerprint density at radius 1 is 0.762 bits per heavy atom. The van der Waals surface area contributed by atoms with Crippen molar-refractivity contribution in [1.82, 2.24) is 9.80 Å². The highest BCUT2D eigenvalue weighted by molar-refractivity contribution is 7.86. The summed E-state index contributed by atoms with van der Waals surface area (Å²) in [6.45, 7) is 0.419. The Morgan fingerprint density at radius 2 is 1.00 bits per heavy atom. The zero-order valence-corrected chi connectivity index (χ0v) is 15.6. The zero-order chi connectivity index (χ0) is 16.1. The molecule has 0 amide bonds. The van der Waals surface area contributed by atoms with Crippen molar-refractivity contribution in [2.45, 2.75) is 12.2 Å². The molecule has 11 heteroatoms. The van der Waals surface area contributed by atoms with Crippen LogP contribution in [-0.2, 0) is 28.6 Å². The molecule has 0 fully saturated rings. The van der Waals surface area contributed by atoms with Crippen LogP contribution in [0.3, 0.4) is 0 Å². The second kappa shape index (κ2) is 9.23. The number of hydrogen-bond acceptors (Lipinski definition) is 8. The second-order valence-electron chi connectivity index (χ2n) is 5.20. The molecular formula is C10H25ClN2O6S2. The predicted molar refractivity (Wildman–Crippen MR) is 83.8 cm³/mol. The molecule has 0 bridgehead atoms. The Morgan fingerprint density at radius 3 is 1.14 bits per heavy atom. The van der Waals surface area contributed by atoms with Crippen molar-refractivity contribution in [2.24, 2.45) is 0 Å². The molecule has 0 aliphatic rings. The monoisotopic (exact) mass is 368 g/mol. The van der Waals surface area contributed by atoms with Crippen molar-refractivity contribution in [3.63, 3.8) is 0 Å². The van der Waals surface area contributed by atoms with Crippen molar-refractivity contribution in [2.75, 3.05) is 53.8 Å². The molecule has 0 N–H and O–H groups in total. The number of nitrogens with zero attached hydrogens (tertiary/aromatic N) is 2. The van der Waals surface area contributed by atoms with Gasteiger partial charge in [-0.05, 0) is 28.2 Å². The SMILES string of the molecule is CN(C)C[C@H](OS(C)(=O)=O)[C@H](CN(C)C)OS(C)(=O)=O.Cl. The molecule has 0 heterocycles. The summed E-state index contributed by atoms with van der Waals surface area (Å²) in [5, 5.41) is 0. The van der Waals surface area contributed by atoms with Crippen LogP contribution in [-0.4, -0.2) is 92.6 Å². The van der Waals surface area contributed by atoms with Crippen LogP contribution >= 0.6 is 12.4 Å². The van der Waals surface area contributed by atoms with E-state index < -0.39 is 32.4 Å².